The molecule has 0 aliphatic heterocycles. The number of hydrogen-bond acceptors (Lipinski definition) is 10. The fourth-order valence-electron chi connectivity index (χ4n) is 6.89. The number of thiophene rings is 4. The normalized spacial score (nSPS) is 12.3. The van der Waals surface area contributed by atoms with Gasteiger partial charge in [0.05, 0.1) is 46.8 Å². The van der Waals surface area contributed by atoms with Crippen LogP contribution in [0.25, 0.3) is 71.7 Å². The van der Waals surface area contributed by atoms with Crippen LogP contribution in [0, 0.1) is 0 Å². The Kier molecular flexibility index (Phi) is 11.8. The summed E-state index contributed by atoms with van der Waals surface area (Å²) in [5.74, 6) is 0. The maximum absolute atomic E-state index is 14.6. The summed E-state index contributed by atoms with van der Waals surface area (Å²) in [6, 6.07) is 41.8. The molecule has 0 aliphatic carbocycles. The van der Waals surface area contributed by atoms with E-state index in [1.807, 2.05) is 39.8 Å². The molecule has 286 valence electrons. The minimum absolute atomic E-state index is 0.226. The van der Waals surface area contributed by atoms with Gasteiger partial charge in [-0.15, -0.1) is 45.3 Å². The summed E-state index contributed by atoms with van der Waals surface area (Å²) in [7, 11) is -7.45. The lowest BCUT2D eigenvalue weighted by Gasteiger charge is -2.17. The highest BCUT2D eigenvalue weighted by Crippen LogP contribution is 2.57. The van der Waals surface area contributed by atoms with Crippen molar-refractivity contribution in [3.63, 3.8) is 0 Å². The van der Waals surface area contributed by atoms with Crippen LogP contribution in [0.3, 0.4) is 0 Å². The standard InChI is InChI=1S/C44H40O6P2S4/c1-5-47-51(45,48-6-2)35-27-41(55-43(35)39-25-23-37(53-39)33-21-13-17-29-15-9-11-19-31(29)33)42-28-36(52(46,49-7-3)50-8-4)44(56-42)40-26-24-38(54-40)34-22-14-18-30-16-10-12-20-32(30)34/h9-28H,5-8H2,1-4H3. The van der Waals surface area contributed by atoms with E-state index in [1.54, 1.807) is 22.7 Å². The van der Waals surface area contributed by atoms with Gasteiger partial charge in [0.15, 0.2) is 0 Å². The minimum Gasteiger partial charge on any atom is -0.305 e. The SMILES string of the molecule is CCOP(=O)(OCC)c1cc(-c2cc(P(=O)(OCC)OCC)c(-c3ccc(-c4cccc5ccccc45)s3)s2)sc1-c1ccc(-c2cccc3ccccc23)s1. The van der Waals surface area contributed by atoms with Crippen molar-refractivity contribution in [3.05, 3.63) is 121 Å². The number of rotatable bonds is 15. The van der Waals surface area contributed by atoms with Gasteiger partial charge in [-0.25, -0.2) is 0 Å². The summed E-state index contributed by atoms with van der Waals surface area (Å²) in [5, 5.41) is 5.74. The summed E-state index contributed by atoms with van der Waals surface area (Å²) in [6.45, 7) is 8.21. The molecule has 12 heteroatoms. The topological polar surface area (TPSA) is 71.1 Å². The van der Waals surface area contributed by atoms with Crippen molar-refractivity contribution in [2.45, 2.75) is 27.7 Å². The third kappa shape index (κ3) is 7.49. The average molecular weight is 855 g/mol. The maximum atomic E-state index is 14.6. The van der Waals surface area contributed by atoms with Gasteiger partial charge in [0.25, 0.3) is 0 Å². The van der Waals surface area contributed by atoms with Crippen LogP contribution in [0.4, 0.5) is 0 Å². The van der Waals surface area contributed by atoms with E-state index in [-0.39, 0.29) is 26.4 Å². The van der Waals surface area contributed by atoms with Crippen molar-refractivity contribution >= 4 is 92.7 Å². The van der Waals surface area contributed by atoms with E-state index in [9.17, 15) is 9.13 Å². The average Bonchev–Trinajstić information content (AvgIpc) is 4.04. The second-order valence-corrected chi connectivity index (χ2v) is 21.0. The summed E-state index contributed by atoms with van der Waals surface area (Å²) >= 11 is 6.37. The first kappa shape index (κ1) is 39.3. The zero-order chi connectivity index (χ0) is 38.9. The van der Waals surface area contributed by atoms with Gasteiger partial charge in [0.2, 0.25) is 0 Å². The zero-order valence-electron chi connectivity index (χ0n) is 31.4. The Labute approximate surface area is 343 Å². The molecular formula is C44H40O6P2S4. The Morgan fingerprint density at radius 3 is 1.16 bits per heavy atom. The highest BCUT2D eigenvalue weighted by Gasteiger charge is 2.36. The molecule has 4 aromatic heterocycles. The first-order valence-electron chi connectivity index (χ1n) is 18.5. The fraction of sp³-hybridized carbons (Fsp3) is 0.182. The lowest BCUT2D eigenvalue weighted by Crippen LogP contribution is -2.11. The van der Waals surface area contributed by atoms with E-state index >= 15 is 0 Å². The van der Waals surface area contributed by atoms with Gasteiger partial charge in [-0.05, 0) is 96.8 Å². The van der Waals surface area contributed by atoms with Crippen LogP contribution >= 0.6 is 60.5 Å². The molecule has 4 heterocycles. The summed E-state index contributed by atoms with van der Waals surface area (Å²) in [4.78, 5) is 7.50. The van der Waals surface area contributed by atoms with E-state index in [0.29, 0.717) is 10.6 Å². The smallest absolute Gasteiger partial charge is 0.305 e. The van der Waals surface area contributed by atoms with Crippen molar-refractivity contribution in [2.24, 2.45) is 0 Å². The van der Waals surface area contributed by atoms with E-state index in [4.69, 9.17) is 18.1 Å². The van der Waals surface area contributed by atoms with E-state index in [1.165, 1.54) is 44.2 Å². The Balaban J connectivity index is 1.28. The molecular weight excluding hydrogens is 815 g/mol. The van der Waals surface area contributed by atoms with E-state index in [0.717, 1.165) is 50.1 Å². The number of fused-ring (bicyclic) bond motifs is 2. The van der Waals surface area contributed by atoms with Gasteiger partial charge in [-0.2, -0.15) is 0 Å². The molecule has 6 nitrogen and oxygen atoms in total. The number of benzene rings is 4. The Hall–Kier alpha value is -3.50. The molecule has 0 unspecified atom stereocenters. The van der Waals surface area contributed by atoms with Crippen LogP contribution in [0.2, 0.25) is 0 Å². The van der Waals surface area contributed by atoms with Crippen molar-refractivity contribution in [2.75, 3.05) is 26.4 Å². The third-order valence-electron chi connectivity index (χ3n) is 9.22. The predicted molar refractivity (Wildman–Crippen MR) is 241 cm³/mol. The van der Waals surface area contributed by atoms with Crippen LogP contribution in [0.5, 0.6) is 0 Å². The van der Waals surface area contributed by atoms with Gasteiger partial charge in [-0.3, -0.25) is 9.13 Å². The molecule has 8 aromatic rings. The molecule has 0 fully saturated rings. The van der Waals surface area contributed by atoms with Gasteiger partial charge < -0.3 is 18.1 Å². The van der Waals surface area contributed by atoms with Crippen LogP contribution in [0.15, 0.2) is 121 Å². The molecule has 56 heavy (non-hydrogen) atoms. The van der Waals surface area contributed by atoms with Gasteiger partial charge in [0, 0.05) is 29.3 Å². The first-order chi connectivity index (χ1) is 27.3. The second kappa shape index (κ2) is 16.8. The van der Waals surface area contributed by atoms with Gasteiger partial charge >= 0.3 is 15.2 Å². The van der Waals surface area contributed by atoms with Crippen molar-refractivity contribution in [1.29, 1.82) is 0 Å². The highest BCUT2D eigenvalue weighted by atomic mass is 32.1. The molecule has 0 N–H and O–H groups in total. The van der Waals surface area contributed by atoms with Crippen LogP contribution in [-0.4, -0.2) is 26.4 Å². The molecule has 0 saturated heterocycles. The lowest BCUT2D eigenvalue weighted by atomic mass is 10.0. The molecule has 0 atom stereocenters. The number of hydrogen-bond donors (Lipinski definition) is 0. The van der Waals surface area contributed by atoms with Gasteiger partial charge in [0.1, 0.15) is 0 Å². The predicted octanol–water partition coefficient (Wildman–Crippen LogP) is 14.4. The molecule has 0 bridgehead atoms. The third-order valence-corrected chi connectivity index (χ3v) is 18.9. The van der Waals surface area contributed by atoms with Crippen molar-refractivity contribution in [1.82, 2.24) is 0 Å². The second-order valence-electron chi connectivity index (χ2n) is 12.7. The lowest BCUT2D eigenvalue weighted by molar-refractivity contribution is 0.229. The molecule has 8 rings (SSSR count). The van der Waals surface area contributed by atoms with E-state index in [2.05, 4.69) is 109 Å². The molecule has 0 amide bonds. The molecule has 0 spiro atoms. The van der Waals surface area contributed by atoms with Crippen molar-refractivity contribution in [3.8, 4) is 50.1 Å². The quantitative estimate of drug-likeness (QED) is 0.0957. The largest absolute Gasteiger partial charge is 0.362 e. The van der Waals surface area contributed by atoms with Crippen LogP contribution < -0.4 is 10.6 Å². The van der Waals surface area contributed by atoms with Crippen molar-refractivity contribution < 1.29 is 27.2 Å². The highest BCUT2D eigenvalue weighted by molar-refractivity contribution is 7.64. The molecule has 0 saturated carbocycles. The maximum Gasteiger partial charge on any atom is 0.362 e. The minimum atomic E-state index is -3.72. The fourth-order valence-corrected chi connectivity index (χ4v) is 16.1. The molecule has 4 aromatic carbocycles. The summed E-state index contributed by atoms with van der Waals surface area (Å²) < 4.78 is 53.2. The van der Waals surface area contributed by atoms with Crippen LogP contribution in [-0.2, 0) is 27.2 Å². The summed E-state index contributed by atoms with van der Waals surface area (Å²) in [6.07, 6.45) is 0. The Morgan fingerprint density at radius 2 is 0.768 bits per heavy atom. The molecule has 0 radical (unpaired) electrons. The monoisotopic (exact) mass is 854 g/mol. The van der Waals surface area contributed by atoms with Gasteiger partial charge in [-0.1, -0.05) is 84.9 Å². The van der Waals surface area contributed by atoms with E-state index < -0.39 is 15.2 Å². The van der Waals surface area contributed by atoms with Crippen LogP contribution in [0.1, 0.15) is 27.7 Å². The zero-order valence-corrected chi connectivity index (χ0v) is 36.4. The Morgan fingerprint density at radius 1 is 0.411 bits per heavy atom. The Bertz CT molecular complexity index is 2540. The first-order valence-corrected chi connectivity index (χ1v) is 24.9. The molecule has 0 aliphatic rings. The summed E-state index contributed by atoms with van der Waals surface area (Å²) in [5.41, 5.74) is 2.29.